The first-order valence-electron chi connectivity index (χ1n) is 12.0. The van der Waals surface area contributed by atoms with Crippen molar-refractivity contribution in [3.8, 4) is 11.5 Å². The number of hydrogen-bond acceptors (Lipinski definition) is 5. The number of carbonyl (C=O) groups excluding carboxylic acids is 2. The van der Waals surface area contributed by atoms with Crippen LogP contribution in [-0.4, -0.2) is 37.3 Å². The Kier molecular flexibility index (Phi) is 8.74. The maximum absolute atomic E-state index is 13.1. The molecule has 190 valence electrons. The quantitative estimate of drug-likeness (QED) is 0.336. The third-order valence-electron chi connectivity index (χ3n) is 5.65. The Balaban J connectivity index is 1.40. The second kappa shape index (κ2) is 12.4. The van der Waals surface area contributed by atoms with Gasteiger partial charge in [0.15, 0.2) is 18.1 Å². The van der Waals surface area contributed by atoms with Crippen molar-refractivity contribution < 1.29 is 19.1 Å². The lowest BCUT2D eigenvalue weighted by Crippen LogP contribution is -2.30. The molecule has 1 heterocycles. The minimum Gasteiger partial charge on any atom is -0.490 e. The van der Waals surface area contributed by atoms with Gasteiger partial charge >= 0.3 is 0 Å². The SMILES string of the molecule is CCOc1cc(C=C2C(=O)N(c3ccc(Br)cc3)N=C2C)ccc1OCC(=O)NCCc1ccccc1. The number of ether oxygens (including phenoxy) is 2. The predicted octanol–water partition coefficient (Wildman–Crippen LogP) is 5.39. The second-order valence-corrected chi connectivity index (χ2v) is 9.27. The van der Waals surface area contributed by atoms with E-state index in [1.54, 1.807) is 25.1 Å². The number of rotatable bonds is 10. The van der Waals surface area contributed by atoms with Crippen LogP contribution in [0.15, 0.2) is 87.9 Å². The molecule has 3 aromatic rings. The molecule has 1 aliphatic rings. The standard InChI is InChI=1S/C29H28BrN3O4/c1-3-36-27-18-22(17-25-20(2)32-33(29(25)35)24-12-10-23(30)11-13-24)9-14-26(27)37-19-28(34)31-16-15-21-7-5-4-6-8-21/h4-14,17-18H,3,15-16,19H2,1-2H3,(H,31,34). The van der Waals surface area contributed by atoms with E-state index in [-0.39, 0.29) is 18.4 Å². The molecule has 8 heteroatoms. The topological polar surface area (TPSA) is 80.2 Å². The summed E-state index contributed by atoms with van der Waals surface area (Å²) in [5, 5.41) is 8.70. The van der Waals surface area contributed by atoms with Crippen molar-refractivity contribution in [3.05, 3.63) is 94.0 Å². The fourth-order valence-electron chi connectivity index (χ4n) is 3.80. The monoisotopic (exact) mass is 561 g/mol. The van der Waals surface area contributed by atoms with E-state index in [9.17, 15) is 9.59 Å². The minimum absolute atomic E-state index is 0.123. The van der Waals surface area contributed by atoms with Crippen LogP contribution in [0.5, 0.6) is 11.5 Å². The van der Waals surface area contributed by atoms with Crippen LogP contribution in [0, 0.1) is 0 Å². The van der Waals surface area contributed by atoms with E-state index in [4.69, 9.17) is 9.47 Å². The van der Waals surface area contributed by atoms with Crippen LogP contribution in [0.4, 0.5) is 5.69 Å². The highest BCUT2D eigenvalue weighted by atomic mass is 79.9. The number of hydrogen-bond donors (Lipinski definition) is 1. The van der Waals surface area contributed by atoms with E-state index in [0.717, 1.165) is 22.0 Å². The average Bonchev–Trinajstić information content (AvgIpc) is 3.18. The largest absolute Gasteiger partial charge is 0.490 e. The lowest BCUT2D eigenvalue weighted by molar-refractivity contribution is -0.123. The van der Waals surface area contributed by atoms with E-state index in [2.05, 4.69) is 26.3 Å². The van der Waals surface area contributed by atoms with Crippen LogP contribution in [0.2, 0.25) is 0 Å². The molecule has 37 heavy (non-hydrogen) atoms. The molecule has 2 amide bonds. The van der Waals surface area contributed by atoms with Gasteiger partial charge in [-0.05, 0) is 73.9 Å². The van der Waals surface area contributed by atoms with Crippen molar-refractivity contribution in [2.75, 3.05) is 24.8 Å². The molecule has 7 nitrogen and oxygen atoms in total. The van der Waals surface area contributed by atoms with Gasteiger partial charge in [-0.1, -0.05) is 52.3 Å². The van der Waals surface area contributed by atoms with Crippen molar-refractivity contribution in [3.63, 3.8) is 0 Å². The van der Waals surface area contributed by atoms with Gasteiger partial charge in [-0.3, -0.25) is 9.59 Å². The van der Waals surface area contributed by atoms with E-state index in [1.165, 1.54) is 5.01 Å². The molecule has 1 aliphatic heterocycles. The molecule has 0 fully saturated rings. The molecule has 0 saturated carbocycles. The maximum atomic E-state index is 13.1. The summed E-state index contributed by atoms with van der Waals surface area (Å²) < 4.78 is 12.4. The van der Waals surface area contributed by atoms with E-state index in [0.29, 0.717) is 41.6 Å². The maximum Gasteiger partial charge on any atom is 0.280 e. The van der Waals surface area contributed by atoms with Crippen molar-refractivity contribution in [1.82, 2.24) is 5.32 Å². The van der Waals surface area contributed by atoms with Crippen LogP contribution < -0.4 is 19.8 Å². The van der Waals surface area contributed by atoms with Crippen molar-refractivity contribution in [2.24, 2.45) is 5.10 Å². The Morgan fingerprint density at radius 1 is 1.03 bits per heavy atom. The van der Waals surface area contributed by atoms with Gasteiger partial charge in [-0.2, -0.15) is 10.1 Å². The molecule has 0 aromatic heterocycles. The van der Waals surface area contributed by atoms with Gasteiger partial charge in [0.2, 0.25) is 0 Å². The van der Waals surface area contributed by atoms with Gasteiger partial charge in [0, 0.05) is 11.0 Å². The zero-order chi connectivity index (χ0) is 26.2. The molecule has 0 atom stereocenters. The van der Waals surface area contributed by atoms with E-state index >= 15 is 0 Å². The molecule has 0 saturated heterocycles. The fourth-order valence-corrected chi connectivity index (χ4v) is 4.06. The van der Waals surface area contributed by atoms with Gasteiger partial charge in [-0.25, -0.2) is 0 Å². The molecule has 0 bridgehead atoms. The Bertz CT molecular complexity index is 1320. The van der Waals surface area contributed by atoms with Crippen LogP contribution in [0.25, 0.3) is 6.08 Å². The van der Waals surface area contributed by atoms with Gasteiger partial charge < -0.3 is 14.8 Å². The van der Waals surface area contributed by atoms with Gasteiger partial charge in [-0.15, -0.1) is 0 Å². The number of halogens is 1. The van der Waals surface area contributed by atoms with Crippen LogP contribution >= 0.6 is 15.9 Å². The first kappa shape index (κ1) is 26.2. The predicted molar refractivity (Wildman–Crippen MR) is 149 cm³/mol. The summed E-state index contributed by atoms with van der Waals surface area (Å²) in [6.45, 7) is 4.51. The molecule has 0 aliphatic carbocycles. The number of nitrogens with one attached hydrogen (secondary N) is 1. The van der Waals surface area contributed by atoms with Crippen molar-refractivity contribution >= 4 is 45.2 Å². The third-order valence-corrected chi connectivity index (χ3v) is 6.18. The molecular weight excluding hydrogens is 534 g/mol. The highest BCUT2D eigenvalue weighted by molar-refractivity contribution is 9.10. The zero-order valence-electron chi connectivity index (χ0n) is 20.7. The second-order valence-electron chi connectivity index (χ2n) is 8.35. The van der Waals surface area contributed by atoms with Gasteiger partial charge in [0.1, 0.15) is 0 Å². The number of benzene rings is 3. The number of nitrogens with zero attached hydrogens (tertiary/aromatic N) is 2. The number of anilines is 1. The molecule has 1 N–H and O–H groups in total. The molecule has 0 spiro atoms. The molecule has 4 rings (SSSR count). The first-order valence-corrected chi connectivity index (χ1v) is 12.8. The van der Waals surface area contributed by atoms with Crippen molar-refractivity contribution in [1.29, 1.82) is 0 Å². The van der Waals surface area contributed by atoms with Crippen LogP contribution in [-0.2, 0) is 16.0 Å². The summed E-state index contributed by atoms with van der Waals surface area (Å²) in [7, 11) is 0. The average molecular weight is 562 g/mol. The lowest BCUT2D eigenvalue weighted by Gasteiger charge is -2.13. The normalized spacial score (nSPS) is 14.0. The summed E-state index contributed by atoms with van der Waals surface area (Å²) in [6, 6.07) is 22.7. The van der Waals surface area contributed by atoms with Gasteiger partial charge in [0.05, 0.1) is 23.6 Å². The molecule has 3 aromatic carbocycles. The fraction of sp³-hybridized carbons (Fsp3) is 0.207. The van der Waals surface area contributed by atoms with Gasteiger partial charge in [0.25, 0.3) is 11.8 Å². The smallest absolute Gasteiger partial charge is 0.280 e. The lowest BCUT2D eigenvalue weighted by atomic mass is 10.1. The summed E-state index contributed by atoms with van der Waals surface area (Å²) in [4.78, 5) is 25.3. The number of amides is 2. The summed E-state index contributed by atoms with van der Waals surface area (Å²) in [6.07, 6.45) is 2.53. The Morgan fingerprint density at radius 3 is 2.51 bits per heavy atom. The van der Waals surface area contributed by atoms with Crippen LogP contribution in [0.3, 0.4) is 0 Å². The molecule has 0 radical (unpaired) electrons. The summed E-state index contributed by atoms with van der Waals surface area (Å²) in [5.41, 5.74) is 3.73. The van der Waals surface area contributed by atoms with E-state index in [1.807, 2.05) is 67.6 Å². The highest BCUT2D eigenvalue weighted by Gasteiger charge is 2.28. The number of hydrazone groups is 1. The molecule has 0 unspecified atom stereocenters. The number of carbonyl (C=O) groups is 2. The first-order chi connectivity index (χ1) is 17.9. The van der Waals surface area contributed by atoms with E-state index < -0.39 is 0 Å². The summed E-state index contributed by atoms with van der Waals surface area (Å²) in [5.74, 6) is 0.548. The Labute approximate surface area is 224 Å². The Morgan fingerprint density at radius 2 is 1.78 bits per heavy atom. The summed E-state index contributed by atoms with van der Waals surface area (Å²) >= 11 is 3.41. The Hall–Kier alpha value is -3.91. The third kappa shape index (κ3) is 6.86. The zero-order valence-corrected chi connectivity index (χ0v) is 22.3. The molecular formula is C29H28BrN3O4. The van der Waals surface area contributed by atoms with Crippen LogP contribution in [0.1, 0.15) is 25.0 Å². The highest BCUT2D eigenvalue weighted by Crippen LogP contribution is 2.31. The van der Waals surface area contributed by atoms with Crippen molar-refractivity contribution in [2.45, 2.75) is 20.3 Å². The minimum atomic E-state index is -0.207.